The number of hydrogen-bond donors (Lipinski definition) is 2. The molecule has 1 aliphatic heterocycles. The van der Waals surface area contributed by atoms with Gasteiger partial charge in [0.25, 0.3) is 5.91 Å². The number of hydrogen-bond acceptors (Lipinski definition) is 3. The van der Waals surface area contributed by atoms with E-state index in [0.29, 0.717) is 24.5 Å². The molecule has 0 aromatic heterocycles. The Balaban J connectivity index is 1.59. The Bertz CT molecular complexity index is 1060. The van der Waals surface area contributed by atoms with E-state index in [4.69, 9.17) is 4.74 Å². The van der Waals surface area contributed by atoms with Crippen molar-refractivity contribution in [3.8, 4) is 5.75 Å². The van der Waals surface area contributed by atoms with Crippen LogP contribution in [0.1, 0.15) is 41.7 Å². The van der Waals surface area contributed by atoms with Gasteiger partial charge in [0.15, 0.2) is 0 Å². The molecule has 0 saturated carbocycles. The van der Waals surface area contributed by atoms with Crippen LogP contribution in [-0.2, 0) is 0 Å². The maximum absolute atomic E-state index is 13.4. The summed E-state index contributed by atoms with van der Waals surface area (Å²) in [4.78, 5) is 17.1. The van der Waals surface area contributed by atoms with Crippen LogP contribution in [0.2, 0.25) is 0 Å². The highest BCUT2D eigenvalue weighted by Crippen LogP contribution is 2.28. The summed E-state index contributed by atoms with van der Waals surface area (Å²) >= 11 is 0. The van der Waals surface area contributed by atoms with Gasteiger partial charge < -0.3 is 19.9 Å². The van der Waals surface area contributed by atoms with Crippen LogP contribution < -0.4 is 19.9 Å². The van der Waals surface area contributed by atoms with E-state index in [1.54, 1.807) is 4.90 Å². The van der Waals surface area contributed by atoms with Gasteiger partial charge in [-0.3, -0.25) is 4.79 Å². The average Bonchev–Trinajstić information content (AvgIpc) is 3.34. The van der Waals surface area contributed by atoms with E-state index < -0.39 is 0 Å². The first kappa shape index (κ1) is 22.2. The van der Waals surface area contributed by atoms with Gasteiger partial charge in [-0.1, -0.05) is 42.5 Å². The molecule has 1 atom stereocenters. The number of fused-ring (bicyclic) bond motifs is 1. The predicted molar refractivity (Wildman–Crippen MR) is 131 cm³/mol. The number of rotatable bonds is 8. The molecule has 1 saturated heterocycles. The lowest BCUT2D eigenvalue weighted by Gasteiger charge is -2.26. The minimum Gasteiger partial charge on any atom is -0.493 e. The molecule has 0 bridgehead atoms. The predicted octanol–water partition coefficient (Wildman–Crippen LogP) is 3.45. The van der Waals surface area contributed by atoms with Gasteiger partial charge in [-0.2, -0.15) is 0 Å². The number of nitrogens with one attached hydrogen (secondary N) is 2. The summed E-state index contributed by atoms with van der Waals surface area (Å²) in [5.74, 6) is 0.572. The van der Waals surface area contributed by atoms with E-state index in [2.05, 4.69) is 48.6 Å². The number of likely N-dealkylation sites (tertiary alicyclic amines) is 1. The fourth-order valence-corrected chi connectivity index (χ4v) is 4.72. The highest BCUT2D eigenvalue weighted by atomic mass is 16.5. The minimum absolute atomic E-state index is 0.0706. The molecule has 5 heteroatoms. The second-order valence-electron chi connectivity index (χ2n) is 8.71. The standard InChI is InChI=1S/C27H33N3O2/c1-4-32-25-16-13-20-9-5-6-10-23(20)26(25)27(31)28-19-24(30-17-7-8-18-30)21-11-14-22(15-12-21)29(2)3/h5-6,9-16,24H,4,7-8,17-19H2,1-3H3,(H,28,31)/p+1/t24-/m1/s1. The number of anilines is 1. The lowest BCUT2D eigenvalue weighted by Crippen LogP contribution is -3.11. The molecule has 0 unspecified atom stereocenters. The first-order valence-electron chi connectivity index (χ1n) is 11.6. The SMILES string of the molecule is CCOc1ccc2ccccc2c1C(=O)NC[C@H](c1ccc(N(C)C)cc1)[NH+]1CCCC1. The molecular formula is C27H34N3O2+. The second kappa shape index (κ2) is 10.0. The van der Waals surface area contributed by atoms with Crippen LogP contribution >= 0.6 is 0 Å². The van der Waals surface area contributed by atoms with Crippen molar-refractivity contribution in [2.45, 2.75) is 25.8 Å². The number of carbonyl (C=O) groups is 1. The topological polar surface area (TPSA) is 46.0 Å². The summed E-state index contributed by atoms with van der Waals surface area (Å²) in [7, 11) is 4.11. The number of carbonyl (C=O) groups excluding carboxylic acids is 1. The van der Waals surface area contributed by atoms with Crippen molar-refractivity contribution >= 4 is 22.4 Å². The Morgan fingerprint density at radius 2 is 1.75 bits per heavy atom. The Morgan fingerprint density at radius 1 is 1.03 bits per heavy atom. The quantitative estimate of drug-likeness (QED) is 0.573. The van der Waals surface area contributed by atoms with Crippen LogP contribution in [0.3, 0.4) is 0 Å². The maximum atomic E-state index is 13.4. The number of ether oxygens (including phenoxy) is 1. The van der Waals surface area contributed by atoms with Gasteiger partial charge in [0.05, 0.1) is 31.8 Å². The highest BCUT2D eigenvalue weighted by molar-refractivity contribution is 6.09. The van der Waals surface area contributed by atoms with Crippen molar-refractivity contribution in [3.63, 3.8) is 0 Å². The zero-order valence-electron chi connectivity index (χ0n) is 19.4. The molecule has 1 aliphatic rings. The van der Waals surface area contributed by atoms with Gasteiger partial charge in [0.1, 0.15) is 11.8 Å². The van der Waals surface area contributed by atoms with Crippen molar-refractivity contribution in [1.29, 1.82) is 0 Å². The van der Waals surface area contributed by atoms with Crippen molar-refractivity contribution in [3.05, 3.63) is 71.8 Å². The molecule has 32 heavy (non-hydrogen) atoms. The van der Waals surface area contributed by atoms with Gasteiger partial charge in [-0.15, -0.1) is 0 Å². The zero-order chi connectivity index (χ0) is 22.5. The molecule has 4 rings (SSSR count). The summed E-state index contributed by atoms with van der Waals surface area (Å²) in [6.07, 6.45) is 2.49. The van der Waals surface area contributed by atoms with Crippen LogP contribution in [0.25, 0.3) is 10.8 Å². The van der Waals surface area contributed by atoms with Crippen LogP contribution in [0.4, 0.5) is 5.69 Å². The second-order valence-corrected chi connectivity index (χ2v) is 8.71. The lowest BCUT2D eigenvalue weighted by atomic mass is 10.0. The van der Waals surface area contributed by atoms with Crippen LogP contribution in [0.5, 0.6) is 5.75 Å². The number of amides is 1. The molecule has 5 nitrogen and oxygen atoms in total. The summed E-state index contributed by atoms with van der Waals surface area (Å²) in [6, 6.07) is 20.9. The number of quaternary nitrogens is 1. The lowest BCUT2D eigenvalue weighted by molar-refractivity contribution is -0.918. The van der Waals surface area contributed by atoms with Gasteiger partial charge in [0.2, 0.25) is 0 Å². The van der Waals surface area contributed by atoms with E-state index in [1.807, 2.05) is 43.3 Å². The minimum atomic E-state index is -0.0706. The van der Waals surface area contributed by atoms with Crippen molar-refractivity contribution in [2.24, 2.45) is 0 Å². The summed E-state index contributed by atoms with van der Waals surface area (Å²) in [5, 5.41) is 5.22. The normalized spacial score (nSPS) is 15.0. The van der Waals surface area contributed by atoms with Gasteiger partial charge in [0, 0.05) is 38.2 Å². The Kier molecular flexibility index (Phi) is 6.96. The van der Waals surface area contributed by atoms with Crippen LogP contribution in [0, 0.1) is 0 Å². The van der Waals surface area contributed by atoms with Crippen molar-refractivity contribution < 1.29 is 14.4 Å². The van der Waals surface area contributed by atoms with Crippen LogP contribution in [-0.4, -0.2) is 46.2 Å². The molecule has 0 aliphatic carbocycles. The molecule has 1 amide bonds. The van der Waals surface area contributed by atoms with E-state index in [9.17, 15) is 4.79 Å². The Labute approximate surface area is 191 Å². The maximum Gasteiger partial charge on any atom is 0.255 e. The third-order valence-electron chi connectivity index (χ3n) is 6.43. The largest absolute Gasteiger partial charge is 0.493 e. The summed E-state index contributed by atoms with van der Waals surface area (Å²) < 4.78 is 5.82. The monoisotopic (exact) mass is 432 g/mol. The molecule has 0 spiro atoms. The third-order valence-corrected chi connectivity index (χ3v) is 6.43. The van der Waals surface area contributed by atoms with Gasteiger partial charge in [-0.25, -0.2) is 0 Å². The van der Waals surface area contributed by atoms with Crippen LogP contribution in [0.15, 0.2) is 60.7 Å². The Morgan fingerprint density at radius 3 is 2.44 bits per heavy atom. The molecular weight excluding hydrogens is 398 g/mol. The van der Waals surface area contributed by atoms with Crippen molar-refractivity contribution in [2.75, 3.05) is 45.2 Å². The van der Waals surface area contributed by atoms with E-state index in [-0.39, 0.29) is 11.9 Å². The molecule has 1 fully saturated rings. The molecule has 3 aromatic rings. The average molecular weight is 433 g/mol. The summed E-state index contributed by atoms with van der Waals surface area (Å²) in [5.41, 5.74) is 3.09. The van der Waals surface area contributed by atoms with Gasteiger partial charge in [-0.05, 0) is 35.9 Å². The fraction of sp³-hybridized carbons (Fsp3) is 0.370. The Hall–Kier alpha value is -3.05. The molecule has 0 radical (unpaired) electrons. The number of nitrogens with zero attached hydrogens (tertiary/aromatic N) is 1. The van der Waals surface area contributed by atoms with E-state index in [0.717, 1.165) is 23.9 Å². The molecule has 1 heterocycles. The van der Waals surface area contributed by atoms with E-state index in [1.165, 1.54) is 24.1 Å². The van der Waals surface area contributed by atoms with E-state index >= 15 is 0 Å². The first-order chi connectivity index (χ1) is 15.6. The molecule has 168 valence electrons. The highest BCUT2D eigenvalue weighted by Gasteiger charge is 2.28. The third kappa shape index (κ3) is 4.73. The molecule has 2 N–H and O–H groups in total. The fourth-order valence-electron chi connectivity index (χ4n) is 4.72. The van der Waals surface area contributed by atoms with Crippen molar-refractivity contribution in [1.82, 2.24) is 5.32 Å². The zero-order valence-corrected chi connectivity index (χ0v) is 19.4. The smallest absolute Gasteiger partial charge is 0.255 e. The van der Waals surface area contributed by atoms with Gasteiger partial charge >= 0.3 is 0 Å². The number of benzene rings is 3. The summed E-state index contributed by atoms with van der Waals surface area (Å²) in [6.45, 7) is 5.37. The molecule has 3 aromatic carbocycles. The first-order valence-corrected chi connectivity index (χ1v) is 11.6.